The van der Waals surface area contributed by atoms with Crippen molar-refractivity contribution in [1.82, 2.24) is 9.62 Å². The fourth-order valence-corrected chi connectivity index (χ4v) is 5.35. The quantitative estimate of drug-likeness (QED) is 0.655. The summed E-state index contributed by atoms with van der Waals surface area (Å²) in [6.07, 6.45) is 4.82. The van der Waals surface area contributed by atoms with Crippen molar-refractivity contribution in [2.24, 2.45) is 0 Å². The van der Waals surface area contributed by atoms with Gasteiger partial charge in [-0.2, -0.15) is 0 Å². The molecule has 0 aromatic rings. The van der Waals surface area contributed by atoms with E-state index in [2.05, 4.69) is 5.32 Å². The Labute approximate surface area is 122 Å². The van der Waals surface area contributed by atoms with Crippen LogP contribution in [0.4, 0.5) is 0 Å². The summed E-state index contributed by atoms with van der Waals surface area (Å²) in [5, 5.41) is 3.28. The number of hydrogen-bond acceptors (Lipinski definition) is 5. The van der Waals surface area contributed by atoms with Crippen LogP contribution in [-0.2, 0) is 19.9 Å². The van der Waals surface area contributed by atoms with Gasteiger partial charge in [-0.15, -0.1) is 0 Å². The maximum Gasteiger partial charge on any atom is 0.215 e. The van der Waals surface area contributed by atoms with Gasteiger partial charge >= 0.3 is 0 Å². The molecule has 1 fully saturated rings. The minimum atomic E-state index is -3.50. The Balaban J connectivity index is 2.68. The molecule has 1 atom stereocenters. The van der Waals surface area contributed by atoms with Crippen LogP contribution in [0.15, 0.2) is 0 Å². The van der Waals surface area contributed by atoms with Crippen LogP contribution >= 0.6 is 0 Å². The fourth-order valence-electron chi connectivity index (χ4n) is 2.22. The predicted octanol–water partition coefficient (Wildman–Crippen LogP) is 0.215. The molecule has 8 heteroatoms. The first-order chi connectivity index (χ1) is 9.24. The highest BCUT2D eigenvalue weighted by Crippen LogP contribution is 2.12. The van der Waals surface area contributed by atoms with Crippen molar-refractivity contribution < 1.29 is 16.8 Å². The molecule has 1 rings (SSSR count). The number of hydrogen-bond donors (Lipinski definition) is 1. The van der Waals surface area contributed by atoms with E-state index in [1.54, 1.807) is 0 Å². The Hall–Kier alpha value is -0.180. The van der Waals surface area contributed by atoms with Gasteiger partial charge in [-0.05, 0) is 25.8 Å². The molecule has 6 nitrogen and oxygen atoms in total. The molecule has 0 radical (unpaired) electrons. The van der Waals surface area contributed by atoms with Gasteiger partial charge in [0.25, 0.3) is 0 Å². The molecule has 0 saturated carbocycles. The monoisotopic (exact) mass is 326 g/mol. The summed E-state index contributed by atoms with van der Waals surface area (Å²) in [7, 11) is -6.76. The lowest BCUT2D eigenvalue weighted by Crippen LogP contribution is -2.43. The molecule has 0 amide bonds. The van der Waals surface area contributed by atoms with E-state index in [1.165, 1.54) is 4.31 Å². The molecule has 1 saturated heterocycles. The molecular formula is C12H26N2O4S2. The van der Waals surface area contributed by atoms with Crippen molar-refractivity contribution in [3.05, 3.63) is 0 Å². The molecule has 1 aliphatic rings. The average molecular weight is 326 g/mol. The lowest BCUT2D eigenvalue weighted by molar-refractivity contribution is 0.364. The molecular weight excluding hydrogens is 300 g/mol. The maximum absolute atomic E-state index is 12.3. The normalized spacial score (nSPS) is 20.6. The van der Waals surface area contributed by atoms with Crippen LogP contribution < -0.4 is 5.32 Å². The SMILES string of the molecule is CCCCN(CC1CCCN1)S(=O)(=O)CCS(C)(=O)=O. The van der Waals surface area contributed by atoms with Crippen molar-refractivity contribution in [2.75, 3.05) is 37.4 Å². The number of nitrogens with zero attached hydrogens (tertiary/aromatic N) is 1. The molecule has 0 aromatic carbocycles. The minimum Gasteiger partial charge on any atom is -0.313 e. The lowest BCUT2D eigenvalue weighted by Gasteiger charge is -2.25. The van der Waals surface area contributed by atoms with Gasteiger partial charge < -0.3 is 5.32 Å². The zero-order valence-electron chi connectivity index (χ0n) is 12.3. The number of sulfonamides is 1. The van der Waals surface area contributed by atoms with Gasteiger partial charge in [0.2, 0.25) is 10.0 Å². The first kappa shape index (κ1) is 17.9. The lowest BCUT2D eigenvalue weighted by atomic mass is 10.2. The van der Waals surface area contributed by atoms with E-state index in [0.29, 0.717) is 13.1 Å². The molecule has 0 spiro atoms. The van der Waals surface area contributed by atoms with Gasteiger partial charge in [0.05, 0.1) is 11.5 Å². The topological polar surface area (TPSA) is 83.6 Å². The molecule has 1 heterocycles. The van der Waals surface area contributed by atoms with Gasteiger partial charge in [0.15, 0.2) is 0 Å². The summed E-state index contributed by atoms with van der Waals surface area (Å²) in [5.41, 5.74) is 0. The largest absolute Gasteiger partial charge is 0.313 e. The Morgan fingerprint density at radius 3 is 2.40 bits per heavy atom. The third-order valence-corrected chi connectivity index (χ3v) is 6.50. The van der Waals surface area contributed by atoms with Crippen molar-refractivity contribution in [3.8, 4) is 0 Å². The van der Waals surface area contributed by atoms with Crippen LogP contribution in [0.2, 0.25) is 0 Å². The predicted molar refractivity (Wildman–Crippen MR) is 81.0 cm³/mol. The summed E-state index contributed by atoms with van der Waals surface area (Å²) >= 11 is 0. The van der Waals surface area contributed by atoms with Crippen LogP contribution in [0.5, 0.6) is 0 Å². The van der Waals surface area contributed by atoms with Crippen LogP contribution in [0.3, 0.4) is 0 Å². The van der Waals surface area contributed by atoms with Crippen molar-refractivity contribution in [1.29, 1.82) is 0 Å². The average Bonchev–Trinajstić information content (AvgIpc) is 2.84. The summed E-state index contributed by atoms with van der Waals surface area (Å²) in [4.78, 5) is 0. The zero-order chi connectivity index (χ0) is 15.2. The number of unbranched alkanes of at least 4 members (excludes halogenated alkanes) is 1. The smallest absolute Gasteiger partial charge is 0.215 e. The van der Waals surface area contributed by atoms with Crippen LogP contribution in [-0.4, -0.2) is 64.6 Å². The van der Waals surface area contributed by atoms with Gasteiger partial charge in [0.1, 0.15) is 9.84 Å². The third kappa shape index (κ3) is 6.51. The van der Waals surface area contributed by atoms with Gasteiger partial charge in [-0.3, -0.25) is 0 Å². The van der Waals surface area contributed by atoms with Crippen LogP contribution in [0.25, 0.3) is 0 Å². The molecule has 1 aliphatic heterocycles. The maximum atomic E-state index is 12.3. The van der Waals surface area contributed by atoms with E-state index in [1.807, 2.05) is 6.92 Å². The van der Waals surface area contributed by atoms with E-state index < -0.39 is 19.9 Å². The Kier molecular flexibility index (Phi) is 6.90. The first-order valence-electron chi connectivity index (χ1n) is 7.13. The van der Waals surface area contributed by atoms with Crippen molar-refractivity contribution >= 4 is 19.9 Å². The summed E-state index contributed by atoms with van der Waals surface area (Å²) in [6, 6.07) is 0.194. The molecule has 20 heavy (non-hydrogen) atoms. The molecule has 120 valence electrons. The Morgan fingerprint density at radius 1 is 1.20 bits per heavy atom. The van der Waals surface area contributed by atoms with E-state index in [9.17, 15) is 16.8 Å². The molecule has 1 unspecified atom stereocenters. The molecule has 0 bridgehead atoms. The highest BCUT2D eigenvalue weighted by atomic mass is 32.2. The second kappa shape index (κ2) is 7.72. The molecule has 0 aliphatic carbocycles. The van der Waals surface area contributed by atoms with E-state index in [4.69, 9.17) is 0 Å². The van der Waals surface area contributed by atoms with Gasteiger partial charge in [0, 0.05) is 25.4 Å². The van der Waals surface area contributed by atoms with Crippen molar-refractivity contribution in [2.45, 2.75) is 38.6 Å². The summed E-state index contributed by atoms with van der Waals surface area (Å²) in [6.45, 7) is 3.86. The number of sulfone groups is 1. The Bertz CT molecular complexity index is 482. The third-order valence-electron chi connectivity index (χ3n) is 3.45. The highest BCUT2D eigenvalue weighted by molar-refractivity contribution is 7.93. The summed E-state index contributed by atoms with van der Waals surface area (Å²) < 4.78 is 48.4. The zero-order valence-corrected chi connectivity index (χ0v) is 14.0. The van der Waals surface area contributed by atoms with E-state index >= 15 is 0 Å². The molecule has 1 N–H and O–H groups in total. The van der Waals surface area contributed by atoms with Gasteiger partial charge in [-0.25, -0.2) is 21.1 Å². The first-order valence-corrected chi connectivity index (χ1v) is 10.8. The Morgan fingerprint density at radius 2 is 1.90 bits per heavy atom. The second-order valence-electron chi connectivity index (χ2n) is 5.45. The fraction of sp³-hybridized carbons (Fsp3) is 1.00. The van der Waals surface area contributed by atoms with Crippen LogP contribution in [0.1, 0.15) is 32.6 Å². The second-order valence-corrected chi connectivity index (χ2v) is 9.80. The van der Waals surface area contributed by atoms with Gasteiger partial charge in [-0.1, -0.05) is 13.3 Å². The number of rotatable bonds is 9. The summed E-state index contributed by atoms with van der Waals surface area (Å²) in [5.74, 6) is -0.627. The molecule has 0 aromatic heterocycles. The standard InChI is InChI=1S/C12H26N2O4S2/c1-3-4-8-14(11-12-6-5-7-13-12)20(17,18)10-9-19(2,15)16/h12-13H,3-11H2,1-2H3. The number of nitrogens with one attached hydrogen (secondary N) is 1. The van der Waals surface area contributed by atoms with E-state index in [-0.39, 0.29) is 17.5 Å². The minimum absolute atomic E-state index is 0.194. The van der Waals surface area contributed by atoms with Crippen molar-refractivity contribution in [3.63, 3.8) is 0 Å². The van der Waals surface area contributed by atoms with E-state index in [0.717, 1.165) is 38.5 Å². The highest BCUT2D eigenvalue weighted by Gasteiger charge is 2.27. The van der Waals surface area contributed by atoms with Crippen LogP contribution in [0, 0.1) is 0 Å².